The number of aliphatic hydroxyl groups is 1. The van der Waals surface area contributed by atoms with Gasteiger partial charge in [-0.1, -0.05) is 56.9 Å². The monoisotopic (exact) mass is 396 g/mol. The number of aliphatic hydroxyl groups excluding tert-OH is 1. The lowest BCUT2D eigenvalue weighted by atomic mass is 9.94. The third-order valence-corrected chi connectivity index (χ3v) is 4.98. The van der Waals surface area contributed by atoms with Gasteiger partial charge in [-0.15, -0.1) is 0 Å². The van der Waals surface area contributed by atoms with Crippen molar-refractivity contribution in [1.82, 2.24) is 9.97 Å². The lowest BCUT2D eigenvalue weighted by Gasteiger charge is -2.15. The molecule has 5 nitrogen and oxygen atoms in total. The molecule has 1 unspecified atom stereocenters. The topological polar surface area (TPSA) is 83.3 Å². The van der Waals surface area contributed by atoms with E-state index in [1.54, 1.807) is 12.4 Å². The van der Waals surface area contributed by atoms with Crippen LogP contribution < -0.4 is 0 Å². The van der Waals surface area contributed by atoms with Crippen LogP contribution in [0.5, 0.6) is 0 Å². The number of rotatable bonds is 13. The molecule has 0 bridgehead atoms. The van der Waals surface area contributed by atoms with Crippen molar-refractivity contribution >= 4 is 12.0 Å². The minimum absolute atomic E-state index is 0.0689. The van der Waals surface area contributed by atoms with Crippen LogP contribution in [-0.4, -0.2) is 26.2 Å². The Morgan fingerprint density at radius 2 is 1.83 bits per heavy atom. The van der Waals surface area contributed by atoms with Crippen LogP contribution in [0.15, 0.2) is 43.0 Å². The van der Waals surface area contributed by atoms with Crippen molar-refractivity contribution in [3.63, 3.8) is 0 Å². The first-order valence-corrected chi connectivity index (χ1v) is 10.6. The summed E-state index contributed by atoms with van der Waals surface area (Å²) in [5.41, 5.74) is 3.71. The van der Waals surface area contributed by atoms with E-state index < -0.39 is 12.1 Å². The highest BCUT2D eigenvalue weighted by atomic mass is 16.4. The summed E-state index contributed by atoms with van der Waals surface area (Å²) in [4.78, 5) is 18.9. The van der Waals surface area contributed by atoms with Gasteiger partial charge in [-0.25, -0.2) is 9.97 Å². The molecule has 0 amide bonds. The van der Waals surface area contributed by atoms with Crippen LogP contribution in [-0.2, 0) is 4.79 Å². The zero-order chi connectivity index (χ0) is 20.9. The van der Waals surface area contributed by atoms with Gasteiger partial charge in [-0.2, -0.15) is 0 Å². The van der Waals surface area contributed by atoms with Gasteiger partial charge < -0.3 is 10.2 Å². The Balaban J connectivity index is 2.12. The van der Waals surface area contributed by atoms with Crippen molar-refractivity contribution < 1.29 is 15.0 Å². The Morgan fingerprint density at radius 3 is 2.55 bits per heavy atom. The van der Waals surface area contributed by atoms with E-state index in [0.29, 0.717) is 12.8 Å². The van der Waals surface area contributed by atoms with Crippen molar-refractivity contribution in [3.8, 4) is 11.1 Å². The summed E-state index contributed by atoms with van der Waals surface area (Å²) in [6.45, 7) is 2.22. The minimum atomic E-state index is -0.834. The SMILES string of the molecule is CCCCCCC/C=C/c1cc(-c2cncnc2)ccc1C(O)CCCC(=O)O. The van der Waals surface area contributed by atoms with Crippen LogP contribution in [0.4, 0.5) is 0 Å². The number of carboxylic acids is 1. The van der Waals surface area contributed by atoms with Gasteiger partial charge in [0.25, 0.3) is 0 Å². The van der Waals surface area contributed by atoms with E-state index in [-0.39, 0.29) is 6.42 Å². The van der Waals surface area contributed by atoms with E-state index in [2.05, 4.69) is 29.0 Å². The van der Waals surface area contributed by atoms with Crippen molar-refractivity contribution in [1.29, 1.82) is 0 Å². The molecule has 2 aromatic rings. The summed E-state index contributed by atoms with van der Waals surface area (Å²) in [7, 11) is 0. The second-order valence-corrected chi connectivity index (χ2v) is 7.38. The van der Waals surface area contributed by atoms with Crippen LogP contribution >= 0.6 is 0 Å². The molecule has 0 spiro atoms. The van der Waals surface area contributed by atoms with Gasteiger partial charge in [0.1, 0.15) is 6.33 Å². The predicted molar refractivity (Wildman–Crippen MR) is 116 cm³/mol. The number of carbonyl (C=O) groups is 1. The molecule has 2 rings (SSSR count). The van der Waals surface area contributed by atoms with E-state index in [0.717, 1.165) is 28.7 Å². The normalized spacial score (nSPS) is 12.3. The van der Waals surface area contributed by atoms with Crippen molar-refractivity contribution in [2.24, 2.45) is 0 Å². The maximum Gasteiger partial charge on any atom is 0.303 e. The zero-order valence-electron chi connectivity index (χ0n) is 17.3. The highest BCUT2D eigenvalue weighted by Crippen LogP contribution is 2.29. The Bertz CT molecular complexity index is 775. The fourth-order valence-corrected chi connectivity index (χ4v) is 3.33. The summed E-state index contributed by atoms with van der Waals surface area (Å²) in [6, 6.07) is 5.92. The van der Waals surface area contributed by atoms with Gasteiger partial charge in [-0.05, 0) is 48.4 Å². The molecule has 1 atom stereocenters. The second kappa shape index (κ2) is 12.8. The number of hydrogen-bond acceptors (Lipinski definition) is 4. The van der Waals surface area contributed by atoms with Crippen molar-refractivity contribution in [2.45, 2.75) is 70.8 Å². The third-order valence-electron chi connectivity index (χ3n) is 4.98. The van der Waals surface area contributed by atoms with Crippen molar-refractivity contribution in [3.05, 3.63) is 54.1 Å². The third kappa shape index (κ3) is 8.16. The minimum Gasteiger partial charge on any atom is -0.481 e. The molecule has 0 saturated carbocycles. The Labute approximate surface area is 173 Å². The number of allylic oxidation sites excluding steroid dienone is 1. The molecule has 1 heterocycles. The highest BCUT2D eigenvalue weighted by molar-refractivity contribution is 5.68. The molecular formula is C24H32N2O3. The van der Waals surface area contributed by atoms with Crippen LogP contribution in [0.1, 0.15) is 81.9 Å². The Hall–Kier alpha value is -2.53. The molecule has 2 N–H and O–H groups in total. The molecule has 0 radical (unpaired) electrons. The van der Waals surface area contributed by atoms with Gasteiger partial charge in [0.2, 0.25) is 0 Å². The summed E-state index contributed by atoms with van der Waals surface area (Å²) in [5.74, 6) is -0.834. The number of aromatic nitrogens is 2. The van der Waals surface area contributed by atoms with Gasteiger partial charge in [-0.3, -0.25) is 4.79 Å². The van der Waals surface area contributed by atoms with E-state index in [1.165, 1.54) is 38.4 Å². The smallest absolute Gasteiger partial charge is 0.303 e. The molecular weight excluding hydrogens is 364 g/mol. The number of nitrogens with zero attached hydrogens (tertiary/aromatic N) is 2. The molecule has 0 saturated heterocycles. The first-order chi connectivity index (χ1) is 14.1. The van der Waals surface area contributed by atoms with Crippen LogP contribution in [0.3, 0.4) is 0 Å². The molecule has 0 aliphatic heterocycles. The average Bonchev–Trinajstić information content (AvgIpc) is 2.73. The molecule has 0 aliphatic carbocycles. The lowest BCUT2D eigenvalue weighted by Crippen LogP contribution is -2.03. The summed E-state index contributed by atoms with van der Waals surface area (Å²) in [5, 5.41) is 19.5. The largest absolute Gasteiger partial charge is 0.481 e. The first kappa shape index (κ1) is 22.8. The van der Waals surface area contributed by atoms with E-state index in [1.807, 2.05) is 18.2 Å². The number of aliphatic carboxylic acids is 1. The molecule has 1 aromatic heterocycles. The second-order valence-electron chi connectivity index (χ2n) is 7.38. The van der Waals surface area contributed by atoms with E-state index >= 15 is 0 Å². The number of benzene rings is 1. The maximum absolute atomic E-state index is 10.7. The van der Waals surface area contributed by atoms with Crippen LogP contribution in [0.2, 0.25) is 0 Å². The molecule has 29 heavy (non-hydrogen) atoms. The lowest BCUT2D eigenvalue weighted by molar-refractivity contribution is -0.137. The van der Waals surface area contributed by atoms with Crippen LogP contribution in [0, 0.1) is 0 Å². The van der Waals surface area contributed by atoms with Gasteiger partial charge >= 0.3 is 5.97 Å². The zero-order valence-corrected chi connectivity index (χ0v) is 17.3. The Kier molecular flexibility index (Phi) is 10.1. The van der Waals surface area contributed by atoms with Crippen LogP contribution in [0.25, 0.3) is 17.2 Å². The standard InChI is InChI=1S/C24H32N2O3/c1-2-3-4-5-6-7-8-10-20-15-19(21-16-25-18-26-17-21)13-14-22(20)23(27)11-9-12-24(28)29/h8,10,13-18,23,27H,2-7,9,11-12H2,1H3,(H,28,29)/b10-8+. The fraction of sp³-hybridized carbons (Fsp3) is 0.458. The van der Waals surface area contributed by atoms with Gasteiger partial charge in [0.05, 0.1) is 6.10 Å². The first-order valence-electron chi connectivity index (χ1n) is 10.6. The maximum atomic E-state index is 10.7. The quantitative estimate of drug-likeness (QED) is 0.418. The highest BCUT2D eigenvalue weighted by Gasteiger charge is 2.13. The van der Waals surface area contributed by atoms with Gasteiger partial charge in [0.15, 0.2) is 0 Å². The summed E-state index contributed by atoms with van der Waals surface area (Å²) in [6.07, 6.45) is 16.8. The molecule has 5 heteroatoms. The van der Waals surface area contributed by atoms with E-state index in [9.17, 15) is 9.90 Å². The van der Waals surface area contributed by atoms with Crippen molar-refractivity contribution in [2.75, 3.05) is 0 Å². The average molecular weight is 397 g/mol. The molecule has 0 aliphatic rings. The molecule has 156 valence electrons. The summed E-state index contributed by atoms with van der Waals surface area (Å²) >= 11 is 0. The molecule has 1 aromatic carbocycles. The summed E-state index contributed by atoms with van der Waals surface area (Å²) < 4.78 is 0. The predicted octanol–water partition coefficient (Wildman–Crippen LogP) is 5.81. The number of hydrogen-bond donors (Lipinski definition) is 2. The molecule has 0 fully saturated rings. The Morgan fingerprint density at radius 1 is 1.07 bits per heavy atom. The number of unbranched alkanes of at least 4 members (excludes halogenated alkanes) is 5. The van der Waals surface area contributed by atoms with E-state index in [4.69, 9.17) is 5.11 Å². The fourth-order valence-electron chi connectivity index (χ4n) is 3.33. The van der Waals surface area contributed by atoms with Gasteiger partial charge in [0, 0.05) is 24.4 Å². The number of carboxylic acid groups (broad SMARTS) is 1.